The van der Waals surface area contributed by atoms with Gasteiger partial charge in [-0.3, -0.25) is 0 Å². The topological polar surface area (TPSA) is 21.3 Å². The van der Waals surface area contributed by atoms with Crippen molar-refractivity contribution in [2.75, 3.05) is 19.0 Å². The minimum atomic E-state index is 0.767. The number of nitrogens with one attached hydrogen (secondary N) is 1. The largest absolute Gasteiger partial charge is 0.493 e. The van der Waals surface area contributed by atoms with Crippen LogP contribution >= 0.6 is 0 Å². The Hall–Kier alpha value is -1.70. The monoisotopic (exact) mass is 215 g/mol. The summed E-state index contributed by atoms with van der Waals surface area (Å²) in [6, 6.07) is 12.4. The maximum atomic E-state index is 5.74. The van der Waals surface area contributed by atoms with E-state index in [9.17, 15) is 0 Å². The van der Waals surface area contributed by atoms with Gasteiger partial charge in [-0.25, -0.2) is 0 Å². The van der Waals surface area contributed by atoms with Gasteiger partial charge in [-0.05, 0) is 18.6 Å². The molecular formula is C14H17NO. The van der Waals surface area contributed by atoms with Crippen LogP contribution in [0.3, 0.4) is 0 Å². The molecule has 0 bridgehead atoms. The lowest BCUT2D eigenvalue weighted by Gasteiger charge is -2.11. The first-order valence-corrected chi connectivity index (χ1v) is 5.69. The smallest absolute Gasteiger partial charge is 0.127 e. The summed E-state index contributed by atoms with van der Waals surface area (Å²) in [5.41, 5.74) is 1.14. The highest BCUT2D eigenvalue weighted by Crippen LogP contribution is 2.31. The molecule has 0 aromatic heterocycles. The molecule has 0 atom stereocenters. The number of hydrogen-bond donors (Lipinski definition) is 1. The lowest BCUT2D eigenvalue weighted by molar-refractivity contribution is 0.321. The first-order valence-electron chi connectivity index (χ1n) is 5.69. The molecule has 0 aliphatic rings. The maximum absolute atomic E-state index is 5.74. The van der Waals surface area contributed by atoms with Gasteiger partial charge in [0.25, 0.3) is 0 Å². The zero-order chi connectivity index (χ0) is 11.4. The van der Waals surface area contributed by atoms with Gasteiger partial charge in [0, 0.05) is 23.5 Å². The van der Waals surface area contributed by atoms with Gasteiger partial charge >= 0.3 is 0 Å². The van der Waals surface area contributed by atoms with Crippen LogP contribution in [-0.4, -0.2) is 13.7 Å². The summed E-state index contributed by atoms with van der Waals surface area (Å²) < 4.78 is 5.74. The molecule has 2 heteroatoms. The number of hydrogen-bond acceptors (Lipinski definition) is 2. The lowest BCUT2D eigenvalue weighted by atomic mass is 10.1. The SMILES string of the molecule is CCCOc1ccc(NC)c2ccccc12. The van der Waals surface area contributed by atoms with E-state index in [1.54, 1.807) is 0 Å². The van der Waals surface area contributed by atoms with Gasteiger partial charge < -0.3 is 10.1 Å². The molecule has 0 aliphatic carbocycles. The summed E-state index contributed by atoms with van der Waals surface area (Å²) in [6.07, 6.45) is 1.03. The summed E-state index contributed by atoms with van der Waals surface area (Å²) in [5.74, 6) is 0.969. The number of ether oxygens (including phenoxy) is 1. The van der Waals surface area contributed by atoms with Gasteiger partial charge in [0.05, 0.1) is 6.61 Å². The molecule has 0 spiro atoms. The van der Waals surface area contributed by atoms with Crippen LogP contribution in [0, 0.1) is 0 Å². The minimum absolute atomic E-state index is 0.767. The Morgan fingerprint density at radius 3 is 2.50 bits per heavy atom. The first-order chi connectivity index (χ1) is 7.86. The van der Waals surface area contributed by atoms with Crippen LogP contribution < -0.4 is 10.1 Å². The zero-order valence-electron chi connectivity index (χ0n) is 9.79. The molecule has 0 unspecified atom stereocenters. The van der Waals surface area contributed by atoms with Crippen LogP contribution in [-0.2, 0) is 0 Å². The normalized spacial score (nSPS) is 10.4. The van der Waals surface area contributed by atoms with E-state index in [2.05, 4.69) is 30.4 Å². The standard InChI is InChI=1S/C14H17NO/c1-3-10-16-14-9-8-13(15-2)11-6-4-5-7-12(11)14/h4-9,15H,3,10H2,1-2H3. The minimum Gasteiger partial charge on any atom is -0.493 e. The molecular weight excluding hydrogens is 198 g/mol. The number of fused-ring (bicyclic) bond motifs is 1. The van der Waals surface area contributed by atoms with Gasteiger partial charge in [0.1, 0.15) is 5.75 Å². The van der Waals surface area contributed by atoms with Crippen molar-refractivity contribution < 1.29 is 4.74 Å². The van der Waals surface area contributed by atoms with Gasteiger partial charge in [-0.1, -0.05) is 31.2 Å². The van der Waals surface area contributed by atoms with E-state index in [4.69, 9.17) is 4.74 Å². The second kappa shape index (κ2) is 4.88. The van der Waals surface area contributed by atoms with E-state index >= 15 is 0 Å². The predicted octanol–water partition coefficient (Wildman–Crippen LogP) is 3.67. The summed E-state index contributed by atoms with van der Waals surface area (Å²) in [6.45, 7) is 2.88. The molecule has 2 rings (SSSR count). The molecule has 2 aromatic rings. The van der Waals surface area contributed by atoms with E-state index in [-0.39, 0.29) is 0 Å². The molecule has 0 amide bonds. The van der Waals surface area contributed by atoms with Crippen molar-refractivity contribution in [3.63, 3.8) is 0 Å². The van der Waals surface area contributed by atoms with E-state index in [1.807, 2.05) is 25.2 Å². The Bertz CT molecular complexity index is 479. The molecule has 16 heavy (non-hydrogen) atoms. The molecule has 0 aliphatic heterocycles. The van der Waals surface area contributed by atoms with Crippen LogP contribution in [0.5, 0.6) is 5.75 Å². The second-order valence-corrected chi connectivity index (χ2v) is 3.76. The summed E-state index contributed by atoms with van der Waals surface area (Å²) in [7, 11) is 1.94. The van der Waals surface area contributed by atoms with Crippen molar-refractivity contribution in [3.05, 3.63) is 36.4 Å². The molecule has 0 saturated carbocycles. The van der Waals surface area contributed by atoms with Crippen molar-refractivity contribution >= 4 is 16.5 Å². The maximum Gasteiger partial charge on any atom is 0.127 e. The highest BCUT2D eigenvalue weighted by molar-refractivity contribution is 5.97. The Labute approximate surface area is 96.2 Å². The van der Waals surface area contributed by atoms with E-state index in [0.29, 0.717) is 0 Å². The van der Waals surface area contributed by atoms with Gasteiger partial charge in [-0.15, -0.1) is 0 Å². The van der Waals surface area contributed by atoms with E-state index in [1.165, 1.54) is 10.8 Å². The van der Waals surface area contributed by atoms with Crippen molar-refractivity contribution in [2.24, 2.45) is 0 Å². The summed E-state index contributed by atoms with van der Waals surface area (Å²) in [5, 5.41) is 5.57. The average molecular weight is 215 g/mol. The van der Waals surface area contributed by atoms with Crippen molar-refractivity contribution in [3.8, 4) is 5.75 Å². The molecule has 84 valence electrons. The molecule has 0 saturated heterocycles. The summed E-state index contributed by atoms with van der Waals surface area (Å²) in [4.78, 5) is 0. The Morgan fingerprint density at radius 1 is 1.06 bits per heavy atom. The fourth-order valence-electron chi connectivity index (χ4n) is 1.83. The van der Waals surface area contributed by atoms with Crippen LogP contribution in [0.1, 0.15) is 13.3 Å². The fourth-order valence-corrected chi connectivity index (χ4v) is 1.83. The molecule has 0 heterocycles. The van der Waals surface area contributed by atoms with Crippen molar-refractivity contribution in [2.45, 2.75) is 13.3 Å². The van der Waals surface area contributed by atoms with Crippen LogP contribution in [0.2, 0.25) is 0 Å². The second-order valence-electron chi connectivity index (χ2n) is 3.76. The average Bonchev–Trinajstić information content (AvgIpc) is 2.36. The molecule has 0 radical (unpaired) electrons. The van der Waals surface area contributed by atoms with Crippen LogP contribution in [0.4, 0.5) is 5.69 Å². The zero-order valence-corrected chi connectivity index (χ0v) is 9.79. The van der Waals surface area contributed by atoms with Gasteiger partial charge in [0.15, 0.2) is 0 Å². The molecule has 1 N–H and O–H groups in total. The Kier molecular flexibility index (Phi) is 3.30. The third-order valence-electron chi connectivity index (χ3n) is 2.62. The number of anilines is 1. The third kappa shape index (κ3) is 1.96. The summed E-state index contributed by atoms with van der Waals surface area (Å²) >= 11 is 0. The quantitative estimate of drug-likeness (QED) is 0.840. The van der Waals surface area contributed by atoms with Crippen LogP contribution in [0.25, 0.3) is 10.8 Å². The first kappa shape index (κ1) is 10.8. The predicted molar refractivity (Wildman–Crippen MR) is 69.3 cm³/mol. The highest BCUT2D eigenvalue weighted by Gasteiger charge is 2.04. The van der Waals surface area contributed by atoms with E-state index in [0.717, 1.165) is 24.5 Å². The molecule has 2 aromatic carbocycles. The third-order valence-corrected chi connectivity index (χ3v) is 2.62. The Morgan fingerprint density at radius 2 is 1.81 bits per heavy atom. The van der Waals surface area contributed by atoms with Gasteiger partial charge in [-0.2, -0.15) is 0 Å². The number of rotatable bonds is 4. The fraction of sp³-hybridized carbons (Fsp3) is 0.286. The van der Waals surface area contributed by atoms with Gasteiger partial charge in [0.2, 0.25) is 0 Å². The Balaban J connectivity index is 2.51. The lowest BCUT2D eigenvalue weighted by Crippen LogP contribution is -1.97. The molecule has 0 fully saturated rings. The van der Waals surface area contributed by atoms with E-state index < -0.39 is 0 Å². The number of benzene rings is 2. The highest BCUT2D eigenvalue weighted by atomic mass is 16.5. The van der Waals surface area contributed by atoms with Crippen molar-refractivity contribution in [1.82, 2.24) is 0 Å². The van der Waals surface area contributed by atoms with Crippen molar-refractivity contribution in [1.29, 1.82) is 0 Å². The van der Waals surface area contributed by atoms with Crippen LogP contribution in [0.15, 0.2) is 36.4 Å². The molecule has 2 nitrogen and oxygen atoms in total.